The lowest BCUT2D eigenvalue weighted by Gasteiger charge is -2.35. The molecule has 1 heterocycles. The molecule has 8 heteroatoms. The van der Waals surface area contributed by atoms with Gasteiger partial charge in [-0.15, -0.1) is 24.8 Å². The quantitative estimate of drug-likeness (QED) is 0.719. The number of carbonyl (C=O) groups is 1. The standard InChI is InChI=1S/C21H26FN3O2.2ClH/c1-21(23,17-5-3-2-4-6-17)20(26)24-15-19(25-11-13-27-14-12-25)16-7-9-18(22)10-8-16;;/h2-10,19H,11-15,23H2,1H3,(H,24,26);2*1H. The van der Waals surface area contributed by atoms with Crippen LogP contribution in [0, 0.1) is 5.82 Å². The highest BCUT2D eigenvalue weighted by Gasteiger charge is 2.31. The average molecular weight is 444 g/mol. The van der Waals surface area contributed by atoms with Crippen molar-refractivity contribution in [1.29, 1.82) is 0 Å². The Balaban J connectivity index is 0.00000210. The summed E-state index contributed by atoms with van der Waals surface area (Å²) >= 11 is 0. The summed E-state index contributed by atoms with van der Waals surface area (Å²) in [6.45, 7) is 4.91. The largest absolute Gasteiger partial charge is 0.379 e. The molecule has 1 fully saturated rings. The van der Waals surface area contributed by atoms with Gasteiger partial charge in [0.1, 0.15) is 11.4 Å². The predicted molar refractivity (Wildman–Crippen MR) is 117 cm³/mol. The Hall–Kier alpha value is -1.70. The molecule has 1 aliphatic heterocycles. The van der Waals surface area contributed by atoms with Crippen LogP contribution in [0.1, 0.15) is 24.1 Å². The second kappa shape index (κ2) is 11.5. The number of hydrogen-bond acceptors (Lipinski definition) is 4. The van der Waals surface area contributed by atoms with E-state index in [0.29, 0.717) is 19.8 Å². The molecule has 0 saturated carbocycles. The van der Waals surface area contributed by atoms with Gasteiger partial charge in [-0.2, -0.15) is 0 Å². The zero-order chi connectivity index (χ0) is 19.3. The third kappa shape index (κ3) is 6.39. The van der Waals surface area contributed by atoms with E-state index in [1.165, 1.54) is 12.1 Å². The molecule has 5 nitrogen and oxygen atoms in total. The fraction of sp³-hybridized carbons (Fsp3) is 0.381. The van der Waals surface area contributed by atoms with Crippen molar-refractivity contribution in [1.82, 2.24) is 10.2 Å². The van der Waals surface area contributed by atoms with Crippen molar-refractivity contribution in [3.8, 4) is 0 Å². The highest BCUT2D eigenvalue weighted by atomic mass is 35.5. The van der Waals surface area contributed by atoms with Gasteiger partial charge >= 0.3 is 0 Å². The Kier molecular flexibility index (Phi) is 10.0. The van der Waals surface area contributed by atoms with Crippen molar-refractivity contribution < 1.29 is 13.9 Å². The number of carbonyl (C=O) groups excluding carboxylic acids is 1. The van der Waals surface area contributed by atoms with Crippen molar-refractivity contribution in [2.45, 2.75) is 18.5 Å². The van der Waals surface area contributed by atoms with Crippen LogP contribution in [0.25, 0.3) is 0 Å². The van der Waals surface area contributed by atoms with Crippen molar-refractivity contribution >= 4 is 30.7 Å². The molecule has 0 aliphatic carbocycles. The molecule has 0 aromatic heterocycles. The first-order valence-corrected chi connectivity index (χ1v) is 9.18. The summed E-state index contributed by atoms with van der Waals surface area (Å²) in [6, 6.07) is 15.7. The normalized spacial score (nSPS) is 17.2. The summed E-state index contributed by atoms with van der Waals surface area (Å²) in [4.78, 5) is 15.0. The summed E-state index contributed by atoms with van der Waals surface area (Å²) in [7, 11) is 0. The van der Waals surface area contributed by atoms with Crippen LogP contribution in [-0.4, -0.2) is 43.7 Å². The molecule has 3 N–H and O–H groups in total. The molecule has 160 valence electrons. The van der Waals surface area contributed by atoms with Crippen LogP contribution in [-0.2, 0) is 15.1 Å². The highest BCUT2D eigenvalue weighted by molar-refractivity contribution is 5.87. The SMILES string of the molecule is CC(N)(C(=O)NCC(c1ccc(F)cc1)N1CCOCC1)c1ccccc1.Cl.Cl. The van der Waals surface area contributed by atoms with Gasteiger partial charge in [0, 0.05) is 19.6 Å². The molecule has 29 heavy (non-hydrogen) atoms. The molecule has 1 aliphatic rings. The first-order valence-electron chi connectivity index (χ1n) is 9.18. The van der Waals surface area contributed by atoms with E-state index in [1.54, 1.807) is 19.1 Å². The van der Waals surface area contributed by atoms with Gasteiger partial charge in [-0.3, -0.25) is 9.69 Å². The summed E-state index contributed by atoms with van der Waals surface area (Å²) < 4.78 is 18.8. The molecule has 1 amide bonds. The number of nitrogens with one attached hydrogen (secondary N) is 1. The van der Waals surface area contributed by atoms with Crippen molar-refractivity contribution in [2.75, 3.05) is 32.8 Å². The zero-order valence-corrected chi connectivity index (χ0v) is 18.0. The van der Waals surface area contributed by atoms with Gasteiger partial charge in [-0.25, -0.2) is 4.39 Å². The molecule has 3 rings (SSSR count). The molecule has 0 bridgehead atoms. The fourth-order valence-corrected chi connectivity index (χ4v) is 3.32. The lowest BCUT2D eigenvalue weighted by Crippen LogP contribution is -2.51. The van der Waals surface area contributed by atoms with E-state index in [9.17, 15) is 9.18 Å². The smallest absolute Gasteiger partial charge is 0.244 e. The van der Waals surface area contributed by atoms with Gasteiger partial charge in [0.15, 0.2) is 0 Å². The summed E-state index contributed by atoms with van der Waals surface area (Å²) in [5, 5.41) is 2.99. The molecular formula is C21H28Cl2FN3O2. The Morgan fingerprint density at radius 2 is 1.72 bits per heavy atom. The van der Waals surface area contributed by atoms with Crippen molar-refractivity contribution in [3.05, 3.63) is 71.5 Å². The number of nitrogens with zero attached hydrogens (tertiary/aromatic N) is 1. The topological polar surface area (TPSA) is 67.6 Å². The Morgan fingerprint density at radius 3 is 2.31 bits per heavy atom. The first-order chi connectivity index (χ1) is 13.0. The van der Waals surface area contributed by atoms with Crippen LogP contribution >= 0.6 is 24.8 Å². The van der Waals surface area contributed by atoms with Crippen LogP contribution < -0.4 is 11.1 Å². The Morgan fingerprint density at radius 1 is 1.14 bits per heavy atom. The van der Waals surface area contributed by atoms with E-state index in [2.05, 4.69) is 10.2 Å². The van der Waals surface area contributed by atoms with E-state index in [-0.39, 0.29) is 42.6 Å². The average Bonchev–Trinajstić information content (AvgIpc) is 2.70. The lowest BCUT2D eigenvalue weighted by molar-refractivity contribution is -0.126. The number of benzene rings is 2. The van der Waals surface area contributed by atoms with Gasteiger partial charge in [0.2, 0.25) is 5.91 Å². The number of ether oxygens (including phenoxy) is 1. The molecule has 0 radical (unpaired) electrons. The molecule has 2 atom stereocenters. The van der Waals surface area contributed by atoms with Gasteiger partial charge in [0.05, 0.1) is 19.3 Å². The zero-order valence-electron chi connectivity index (χ0n) is 16.3. The Labute approximate surface area is 183 Å². The number of rotatable bonds is 6. The molecule has 0 spiro atoms. The third-order valence-electron chi connectivity index (χ3n) is 5.04. The number of halogens is 3. The minimum Gasteiger partial charge on any atom is -0.379 e. The minimum absolute atomic E-state index is 0. The van der Waals surface area contributed by atoms with Crippen molar-refractivity contribution in [2.24, 2.45) is 5.73 Å². The number of hydrogen-bond donors (Lipinski definition) is 2. The van der Waals surface area contributed by atoms with Gasteiger partial charge < -0.3 is 15.8 Å². The maximum Gasteiger partial charge on any atom is 0.244 e. The summed E-state index contributed by atoms with van der Waals surface area (Å²) in [5.41, 5.74) is 6.90. The Bertz CT molecular complexity index is 754. The van der Waals surface area contributed by atoms with E-state index in [4.69, 9.17) is 10.5 Å². The summed E-state index contributed by atoms with van der Waals surface area (Å²) in [5.74, 6) is -0.517. The number of morpholine rings is 1. The maximum absolute atomic E-state index is 13.3. The van der Waals surface area contributed by atoms with Crippen LogP contribution in [0.3, 0.4) is 0 Å². The highest BCUT2D eigenvalue weighted by Crippen LogP contribution is 2.23. The van der Waals surface area contributed by atoms with E-state index < -0.39 is 5.54 Å². The number of nitrogens with two attached hydrogens (primary N) is 1. The molecule has 2 aromatic rings. The first kappa shape index (κ1) is 25.3. The molecule has 2 aromatic carbocycles. The van der Waals surface area contributed by atoms with Gasteiger partial charge in [-0.1, -0.05) is 42.5 Å². The van der Waals surface area contributed by atoms with Crippen LogP contribution in [0.5, 0.6) is 0 Å². The second-order valence-corrected chi connectivity index (χ2v) is 6.99. The number of amides is 1. The molecule has 1 saturated heterocycles. The van der Waals surface area contributed by atoms with Crippen LogP contribution in [0.15, 0.2) is 54.6 Å². The second-order valence-electron chi connectivity index (χ2n) is 6.99. The van der Waals surface area contributed by atoms with E-state index >= 15 is 0 Å². The van der Waals surface area contributed by atoms with Crippen LogP contribution in [0.4, 0.5) is 4.39 Å². The van der Waals surface area contributed by atoms with Gasteiger partial charge in [0.25, 0.3) is 0 Å². The summed E-state index contributed by atoms with van der Waals surface area (Å²) in [6.07, 6.45) is 0. The van der Waals surface area contributed by atoms with E-state index in [0.717, 1.165) is 24.2 Å². The molecule has 2 unspecified atom stereocenters. The molecular weight excluding hydrogens is 416 g/mol. The monoisotopic (exact) mass is 443 g/mol. The van der Waals surface area contributed by atoms with E-state index in [1.807, 2.05) is 30.3 Å². The van der Waals surface area contributed by atoms with Gasteiger partial charge in [-0.05, 0) is 30.2 Å². The minimum atomic E-state index is -1.13. The van der Waals surface area contributed by atoms with Crippen LogP contribution in [0.2, 0.25) is 0 Å². The lowest BCUT2D eigenvalue weighted by atomic mass is 9.92. The fourth-order valence-electron chi connectivity index (χ4n) is 3.32. The maximum atomic E-state index is 13.3. The van der Waals surface area contributed by atoms with Crippen molar-refractivity contribution in [3.63, 3.8) is 0 Å². The predicted octanol–water partition coefficient (Wildman–Crippen LogP) is 3.03. The third-order valence-corrected chi connectivity index (χ3v) is 5.04.